The highest BCUT2D eigenvalue weighted by Crippen LogP contribution is 2.31. The average Bonchev–Trinajstić information content (AvgIpc) is 3.57. The van der Waals surface area contributed by atoms with Crippen molar-refractivity contribution >= 4 is 78.0 Å². The van der Waals surface area contributed by atoms with E-state index in [-0.39, 0.29) is 6.42 Å². The van der Waals surface area contributed by atoms with E-state index >= 15 is 0 Å². The second-order valence-corrected chi connectivity index (χ2v) is 13.4. The molecule has 3 aromatic heterocycles. The number of hydrogen-bond acceptors (Lipinski definition) is 3. The second kappa shape index (κ2) is 12.7. The van der Waals surface area contributed by atoms with E-state index in [0.29, 0.717) is 6.54 Å². The summed E-state index contributed by atoms with van der Waals surface area (Å²) in [7, 11) is -4.31. The minimum Gasteiger partial charge on any atom is -0.748 e. The summed E-state index contributed by atoms with van der Waals surface area (Å²) < 4.78 is 41.2. The Bertz CT molecular complexity index is 2300. The van der Waals surface area contributed by atoms with Crippen LogP contribution in [0.2, 0.25) is 0 Å². The number of rotatable bonds is 10. The van der Waals surface area contributed by atoms with Gasteiger partial charge in [0.2, 0.25) is 11.4 Å². The smallest absolute Gasteiger partial charge is 0.205 e. The first-order chi connectivity index (χ1) is 22.8. The fraction of sp³-hybridized carbons (Fsp3) is 0.175. The highest BCUT2D eigenvalue weighted by molar-refractivity contribution is 7.85. The van der Waals surface area contributed by atoms with Gasteiger partial charge in [-0.3, -0.25) is 0 Å². The zero-order valence-corrected chi connectivity index (χ0v) is 27.5. The molecule has 0 radical (unpaired) electrons. The lowest BCUT2D eigenvalue weighted by molar-refractivity contribution is -0.700. The summed E-state index contributed by atoms with van der Waals surface area (Å²) in [4.78, 5) is 0. The maximum absolute atomic E-state index is 11.5. The van der Waals surface area contributed by atoms with Crippen molar-refractivity contribution in [3.63, 3.8) is 0 Å². The van der Waals surface area contributed by atoms with Crippen LogP contribution in [0.1, 0.15) is 42.8 Å². The molecule has 0 unspecified atom stereocenters. The molecule has 0 spiro atoms. The van der Waals surface area contributed by atoms with Crippen LogP contribution in [-0.2, 0) is 29.8 Å². The van der Waals surface area contributed by atoms with Gasteiger partial charge in [0.25, 0.3) is 0 Å². The van der Waals surface area contributed by atoms with Crippen molar-refractivity contribution in [2.75, 3.05) is 5.75 Å². The lowest BCUT2D eigenvalue weighted by atomic mass is 10.1. The fourth-order valence-corrected chi connectivity index (χ4v) is 7.40. The molecule has 0 saturated heterocycles. The molecule has 6 nitrogen and oxygen atoms in total. The zero-order chi connectivity index (χ0) is 32.5. The molecule has 7 aromatic rings. The van der Waals surface area contributed by atoms with E-state index in [9.17, 15) is 13.0 Å². The molecule has 7 rings (SSSR count). The highest BCUT2D eigenvalue weighted by atomic mass is 32.2. The lowest BCUT2D eigenvalue weighted by Gasteiger charge is -2.08. The number of benzene rings is 4. The van der Waals surface area contributed by atoms with E-state index < -0.39 is 15.9 Å². The normalized spacial score (nSPS) is 12.6. The molecule has 0 aliphatic rings. The standard InChI is InChI=1S/C40H37N3O3S/c1-3-41-37-15-7-5-13-33(37)35-27-29(19-23-39(35)41)17-21-31-11-9-12-32(43(31)25-10-26-47(44,45)46)22-18-30-20-24-40-36(28-30)34-14-6-8-16-38(34)42(40)4-2/h5-9,11-24,27-28H,3-4,10,25-26H2,1-2H3. The predicted octanol–water partition coefficient (Wildman–Crippen LogP) is 8.51. The van der Waals surface area contributed by atoms with E-state index in [4.69, 9.17) is 0 Å². The Balaban J connectivity index is 1.25. The Morgan fingerprint density at radius 2 is 1.06 bits per heavy atom. The summed E-state index contributed by atoms with van der Waals surface area (Å²) in [5.74, 6) is -0.405. The van der Waals surface area contributed by atoms with E-state index in [1.165, 1.54) is 43.6 Å². The summed E-state index contributed by atoms with van der Waals surface area (Å²) in [6.07, 6.45) is 8.55. The quantitative estimate of drug-likeness (QED) is 0.111. The van der Waals surface area contributed by atoms with Crippen molar-refractivity contribution < 1.29 is 17.5 Å². The van der Waals surface area contributed by atoms with Gasteiger partial charge in [-0.15, -0.1) is 0 Å². The molecular formula is C40H37N3O3S. The van der Waals surface area contributed by atoms with Crippen molar-refractivity contribution in [2.45, 2.75) is 39.9 Å². The van der Waals surface area contributed by atoms with Gasteiger partial charge in [-0.2, -0.15) is 4.57 Å². The molecule has 47 heavy (non-hydrogen) atoms. The molecule has 0 amide bonds. The molecule has 236 valence electrons. The van der Waals surface area contributed by atoms with Gasteiger partial charge in [-0.05, 0) is 79.6 Å². The summed E-state index contributed by atoms with van der Waals surface area (Å²) in [6.45, 7) is 6.53. The average molecular weight is 640 g/mol. The van der Waals surface area contributed by atoms with Crippen LogP contribution in [0.25, 0.3) is 67.9 Å². The number of hydrogen-bond donors (Lipinski definition) is 0. The third kappa shape index (κ3) is 6.00. The largest absolute Gasteiger partial charge is 0.748 e. The Morgan fingerprint density at radius 1 is 0.596 bits per heavy atom. The summed E-state index contributed by atoms with van der Waals surface area (Å²) >= 11 is 0. The fourth-order valence-electron chi connectivity index (χ4n) is 6.92. The van der Waals surface area contributed by atoms with Crippen LogP contribution in [0.3, 0.4) is 0 Å². The summed E-state index contributed by atoms with van der Waals surface area (Å²) in [5, 5.41) is 4.90. The van der Waals surface area contributed by atoms with E-state index in [2.05, 4.69) is 137 Å². The van der Waals surface area contributed by atoms with Crippen LogP contribution in [0.4, 0.5) is 0 Å². The minimum atomic E-state index is -4.31. The Labute approximate surface area is 275 Å². The number of nitrogens with zero attached hydrogens (tertiary/aromatic N) is 3. The van der Waals surface area contributed by atoms with E-state index in [0.717, 1.165) is 35.6 Å². The molecule has 0 bridgehead atoms. The van der Waals surface area contributed by atoms with Crippen molar-refractivity contribution in [2.24, 2.45) is 0 Å². The minimum absolute atomic E-state index is 0.229. The zero-order valence-electron chi connectivity index (χ0n) is 26.6. The molecule has 0 atom stereocenters. The van der Waals surface area contributed by atoms with Crippen LogP contribution in [0, 0.1) is 0 Å². The molecule has 3 heterocycles. The summed E-state index contributed by atoms with van der Waals surface area (Å²) in [6, 6.07) is 36.1. The van der Waals surface area contributed by atoms with Gasteiger partial charge < -0.3 is 13.7 Å². The van der Waals surface area contributed by atoms with Crippen molar-refractivity contribution in [1.29, 1.82) is 0 Å². The Hall–Kier alpha value is -4.98. The van der Waals surface area contributed by atoms with Gasteiger partial charge in [0.1, 0.15) is 0 Å². The number of aryl methyl sites for hydroxylation is 2. The maximum Gasteiger partial charge on any atom is 0.205 e. The van der Waals surface area contributed by atoms with Gasteiger partial charge in [-0.1, -0.05) is 48.5 Å². The molecule has 0 aliphatic carbocycles. The van der Waals surface area contributed by atoms with Gasteiger partial charge >= 0.3 is 0 Å². The van der Waals surface area contributed by atoms with E-state index in [1.807, 2.05) is 18.2 Å². The van der Waals surface area contributed by atoms with Crippen LogP contribution in [0.15, 0.2) is 103 Å². The van der Waals surface area contributed by atoms with Crippen molar-refractivity contribution in [3.05, 3.63) is 126 Å². The number of pyridine rings is 1. The molecule has 0 fully saturated rings. The first-order valence-electron chi connectivity index (χ1n) is 16.2. The lowest BCUT2D eigenvalue weighted by Crippen LogP contribution is -2.40. The van der Waals surface area contributed by atoms with E-state index in [1.54, 1.807) is 0 Å². The number of para-hydroxylation sites is 2. The van der Waals surface area contributed by atoms with Gasteiger partial charge in [0.05, 0.1) is 10.1 Å². The van der Waals surface area contributed by atoms with Crippen LogP contribution >= 0.6 is 0 Å². The van der Waals surface area contributed by atoms with Gasteiger partial charge in [-0.25, -0.2) is 8.42 Å². The number of aromatic nitrogens is 3. The Kier molecular flexibility index (Phi) is 8.26. The second-order valence-electron chi connectivity index (χ2n) is 11.9. The topological polar surface area (TPSA) is 70.9 Å². The highest BCUT2D eigenvalue weighted by Gasteiger charge is 2.15. The third-order valence-electron chi connectivity index (χ3n) is 9.05. The molecule has 4 aromatic carbocycles. The van der Waals surface area contributed by atoms with Crippen LogP contribution < -0.4 is 4.57 Å². The predicted molar refractivity (Wildman–Crippen MR) is 194 cm³/mol. The molecule has 0 N–H and O–H groups in total. The molecule has 7 heteroatoms. The van der Waals surface area contributed by atoms with Crippen molar-refractivity contribution in [3.8, 4) is 0 Å². The number of fused-ring (bicyclic) bond motifs is 6. The molecular weight excluding hydrogens is 603 g/mol. The van der Waals surface area contributed by atoms with Gasteiger partial charge in [0.15, 0.2) is 6.54 Å². The third-order valence-corrected chi connectivity index (χ3v) is 9.84. The summed E-state index contributed by atoms with van der Waals surface area (Å²) in [5.41, 5.74) is 8.88. The first kappa shape index (κ1) is 30.7. The van der Waals surface area contributed by atoms with Crippen molar-refractivity contribution in [1.82, 2.24) is 9.13 Å². The van der Waals surface area contributed by atoms with Gasteiger partial charge in [0, 0.05) is 93.2 Å². The Morgan fingerprint density at radius 3 is 1.53 bits per heavy atom. The first-order valence-corrected chi connectivity index (χ1v) is 17.8. The maximum atomic E-state index is 11.5. The molecule has 0 saturated carbocycles. The van der Waals surface area contributed by atoms with Crippen LogP contribution in [0.5, 0.6) is 0 Å². The monoisotopic (exact) mass is 639 g/mol. The SMILES string of the molecule is CCn1c2ccccc2c2cc(/C=C/c3cccc(/C=C/c4ccc5c(c4)c4ccccc4n5CC)[n+]3CCCS(=O)(=O)[O-])ccc21. The van der Waals surface area contributed by atoms with Crippen LogP contribution in [-0.4, -0.2) is 27.9 Å². The molecule has 0 aliphatic heterocycles.